The molecule has 0 atom stereocenters. The maximum atomic E-state index is 10.9. The molecule has 0 aliphatic heterocycles. The lowest BCUT2D eigenvalue weighted by Gasteiger charge is -1.98. The van der Waals surface area contributed by atoms with E-state index in [4.69, 9.17) is 9.52 Å². The van der Waals surface area contributed by atoms with E-state index in [1.54, 1.807) is 23.9 Å². The number of carboxylic acid groups (broad SMARTS) is 1. The van der Waals surface area contributed by atoms with Gasteiger partial charge in [0.05, 0.1) is 0 Å². The molecule has 0 spiro atoms. The number of aryl methyl sites for hydroxylation is 1. The first-order valence-corrected chi connectivity index (χ1v) is 8.12. The van der Waals surface area contributed by atoms with Crippen LogP contribution in [0.15, 0.2) is 33.0 Å². The third-order valence-electron chi connectivity index (χ3n) is 2.92. The molecular formula is C14H12N2O3S2. The smallest absolute Gasteiger partial charge is 0.371 e. The van der Waals surface area contributed by atoms with E-state index in [2.05, 4.69) is 9.36 Å². The minimum atomic E-state index is -1.05. The highest BCUT2D eigenvalue weighted by Gasteiger charge is 2.11. The average Bonchev–Trinajstić information content (AvgIpc) is 3.11. The molecule has 0 fully saturated rings. The van der Waals surface area contributed by atoms with E-state index in [0.29, 0.717) is 5.58 Å². The van der Waals surface area contributed by atoms with Gasteiger partial charge in [0.1, 0.15) is 11.4 Å². The lowest BCUT2D eigenvalue weighted by atomic mass is 10.2. The van der Waals surface area contributed by atoms with E-state index in [0.717, 1.165) is 33.3 Å². The van der Waals surface area contributed by atoms with Crippen LogP contribution in [0.25, 0.3) is 11.0 Å². The second kappa shape index (κ2) is 5.87. The molecule has 108 valence electrons. The second-order valence-electron chi connectivity index (χ2n) is 4.41. The summed E-state index contributed by atoms with van der Waals surface area (Å²) < 4.78 is 10.4. The molecule has 0 amide bonds. The Bertz CT molecular complexity index is 794. The van der Waals surface area contributed by atoms with Gasteiger partial charge in [-0.2, -0.15) is 4.37 Å². The van der Waals surface area contributed by atoms with Crippen LogP contribution in [0.1, 0.15) is 28.9 Å². The molecule has 2 heterocycles. The number of aromatic nitrogens is 2. The number of carbonyl (C=O) groups is 1. The molecule has 5 nitrogen and oxygen atoms in total. The first-order valence-electron chi connectivity index (χ1n) is 6.37. The van der Waals surface area contributed by atoms with Gasteiger partial charge in [-0.1, -0.05) is 24.8 Å². The molecule has 2 aromatic heterocycles. The monoisotopic (exact) mass is 320 g/mol. The number of fused-ring (bicyclic) bond motifs is 1. The molecule has 1 aromatic carbocycles. The molecule has 3 rings (SSSR count). The van der Waals surface area contributed by atoms with E-state index in [1.165, 1.54) is 11.5 Å². The van der Waals surface area contributed by atoms with Crippen molar-refractivity contribution in [3.63, 3.8) is 0 Å². The summed E-state index contributed by atoms with van der Waals surface area (Å²) >= 11 is 3.04. The summed E-state index contributed by atoms with van der Waals surface area (Å²) in [6, 6.07) is 7.23. The van der Waals surface area contributed by atoms with Crippen molar-refractivity contribution in [3.05, 3.63) is 41.4 Å². The third-order valence-corrected chi connectivity index (χ3v) is 4.86. The zero-order chi connectivity index (χ0) is 14.8. The maximum absolute atomic E-state index is 10.9. The molecule has 0 saturated heterocycles. The Hall–Kier alpha value is -1.86. The summed E-state index contributed by atoms with van der Waals surface area (Å²) in [6.07, 6.45) is 0.843. The van der Waals surface area contributed by atoms with Crippen molar-refractivity contribution in [1.82, 2.24) is 9.36 Å². The standard InChI is InChI=1S/C14H12N2O3S2/c1-2-12-15-14(21-16-12)20-7-8-3-4-10-9(5-8)6-11(19-10)13(17)18/h3-6H,2,7H2,1H3,(H,17,18). The highest BCUT2D eigenvalue weighted by molar-refractivity contribution is 8.00. The number of hydrogen-bond donors (Lipinski definition) is 1. The van der Waals surface area contributed by atoms with Gasteiger partial charge in [0.15, 0.2) is 4.34 Å². The third kappa shape index (κ3) is 3.08. The van der Waals surface area contributed by atoms with Gasteiger partial charge in [0.25, 0.3) is 0 Å². The minimum Gasteiger partial charge on any atom is -0.475 e. The van der Waals surface area contributed by atoms with Crippen molar-refractivity contribution in [2.75, 3.05) is 0 Å². The summed E-state index contributed by atoms with van der Waals surface area (Å²) in [5.41, 5.74) is 1.68. The van der Waals surface area contributed by atoms with Crippen molar-refractivity contribution in [2.24, 2.45) is 0 Å². The van der Waals surface area contributed by atoms with Crippen LogP contribution in [0, 0.1) is 0 Å². The van der Waals surface area contributed by atoms with Crippen LogP contribution < -0.4 is 0 Å². The Labute approximate surface area is 129 Å². The van der Waals surface area contributed by atoms with Crippen LogP contribution in [0.4, 0.5) is 0 Å². The highest BCUT2D eigenvalue weighted by atomic mass is 32.2. The predicted molar refractivity (Wildman–Crippen MR) is 82.0 cm³/mol. The fourth-order valence-electron chi connectivity index (χ4n) is 1.87. The number of furan rings is 1. The molecular weight excluding hydrogens is 308 g/mol. The fourth-order valence-corrected chi connectivity index (χ4v) is 3.51. The Morgan fingerprint density at radius 2 is 2.29 bits per heavy atom. The van der Waals surface area contributed by atoms with Crippen molar-refractivity contribution >= 4 is 40.2 Å². The van der Waals surface area contributed by atoms with Crippen molar-refractivity contribution in [2.45, 2.75) is 23.4 Å². The van der Waals surface area contributed by atoms with Crippen LogP contribution in [-0.4, -0.2) is 20.4 Å². The summed E-state index contributed by atoms with van der Waals surface area (Å²) in [5, 5.41) is 9.72. The van der Waals surface area contributed by atoms with Gasteiger partial charge in [-0.25, -0.2) is 9.78 Å². The summed E-state index contributed by atoms with van der Waals surface area (Å²) in [5.74, 6) is 0.551. The normalized spacial score (nSPS) is 11.1. The predicted octanol–water partition coefficient (Wildman–Crippen LogP) is 3.84. The van der Waals surface area contributed by atoms with Crippen molar-refractivity contribution < 1.29 is 14.3 Å². The first kappa shape index (κ1) is 14.1. The van der Waals surface area contributed by atoms with Crippen LogP contribution in [0.2, 0.25) is 0 Å². The van der Waals surface area contributed by atoms with Gasteiger partial charge in [-0.15, -0.1) is 0 Å². The van der Waals surface area contributed by atoms with Crippen LogP contribution in [-0.2, 0) is 12.2 Å². The number of nitrogens with zero attached hydrogens (tertiary/aromatic N) is 2. The van der Waals surface area contributed by atoms with Gasteiger partial charge >= 0.3 is 5.97 Å². The first-order chi connectivity index (χ1) is 10.2. The number of benzene rings is 1. The molecule has 0 bridgehead atoms. The van der Waals surface area contributed by atoms with E-state index in [9.17, 15) is 4.79 Å². The zero-order valence-electron chi connectivity index (χ0n) is 11.2. The molecule has 3 aromatic rings. The molecule has 7 heteroatoms. The Kier molecular flexibility index (Phi) is 3.94. The molecule has 0 aliphatic rings. The topological polar surface area (TPSA) is 76.2 Å². The minimum absolute atomic E-state index is 0.0356. The van der Waals surface area contributed by atoms with Gasteiger partial charge < -0.3 is 9.52 Å². The molecule has 0 aliphatic carbocycles. The van der Waals surface area contributed by atoms with Gasteiger partial charge in [0.2, 0.25) is 5.76 Å². The molecule has 0 radical (unpaired) electrons. The average molecular weight is 320 g/mol. The Morgan fingerprint density at radius 3 is 3.00 bits per heavy atom. The van der Waals surface area contributed by atoms with E-state index in [-0.39, 0.29) is 5.76 Å². The van der Waals surface area contributed by atoms with Crippen LogP contribution in [0.5, 0.6) is 0 Å². The lowest BCUT2D eigenvalue weighted by Crippen LogP contribution is -1.91. The largest absolute Gasteiger partial charge is 0.475 e. The second-order valence-corrected chi connectivity index (χ2v) is 6.38. The fraction of sp³-hybridized carbons (Fsp3) is 0.214. The number of rotatable bonds is 5. The maximum Gasteiger partial charge on any atom is 0.371 e. The molecule has 21 heavy (non-hydrogen) atoms. The molecule has 0 saturated carbocycles. The number of aromatic carboxylic acids is 1. The molecule has 1 N–H and O–H groups in total. The highest BCUT2D eigenvalue weighted by Crippen LogP contribution is 2.27. The number of hydrogen-bond acceptors (Lipinski definition) is 6. The zero-order valence-corrected chi connectivity index (χ0v) is 12.8. The molecule has 0 unspecified atom stereocenters. The van der Waals surface area contributed by atoms with E-state index >= 15 is 0 Å². The van der Waals surface area contributed by atoms with E-state index in [1.807, 2.05) is 19.1 Å². The van der Waals surface area contributed by atoms with Gasteiger partial charge in [0, 0.05) is 17.6 Å². The van der Waals surface area contributed by atoms with E-state index < -0.39 is 5.97 Å². The van der Waals surface area contributed by atoms with Crippen LogP contribution >= 0.6 is 23.3 Å². The number of thioether (sulfide) groups is 1. The van der Waals surface area contributed by atoms with Gasteiger partial charge in [-0.05, 0) is 35.3 Å². The van der Waals surface area contributed by atoms with Gasteiger partial charge in [-0.3, -0.25) is 0 Å². The van der Waals surface area contributed by atoms with Crippen molar-refractivity contribution in [1.29, 1.82) is 0 Å². The quantitative estimate of drug-likeness (QED) is 0.720. The SMILES string of the molecule is CCc1nsc(SCc2ccc3oc(C(=O)O)cc3c2)n1. The lowest BCUT2D eigenvalue weighted by molar-refractivity contribution is 0.0665. The Morgan fingerprint density at radius 1 is 1.43 bits per heavy atom. The summed E-state index contributed by atoms with van der Waals surface area (Å²) in [4.78, 5) is 15.3. The van der Waals surface area contributed by atoms with Crippen molar-refractivity contribution in [3.8, 4) is 0 Å². The summed E-state index contributed by atoms with van der Waals surface area (Å²) in [7, 11) is 0. The van der Waals surface area contributed by atoms with Crippen LogP contribution in [0.3, 0.4) is 0 Å². The summed E-state index contributed by atoms with van der Waals surface area (Å²) in [6.45, 7) is 2.03. The Balaban J connectivity index is 1.76. The number of carboxylic acids is 1.